The molecule has 188 valence electrons. The van der Waals surface area contributed by atoms with Crippen molar-refractivity contribution in [2.24, 2.45) is 0 Å². The van der Waals surface area contributed by atoms with Crippen LogP contribution in [0.3, 0.4) is 0 Å². The van der Waals surface area contributed by atoms with Crippen LogP contribution in [0.5, 0.6) is 0 Å². The number of hydrogen-bond acceptors (Lipinski definition) is 2. The van der Waals surface area contributed by atoms with Crippen molar-refractivity contribution in [3.8, 4) is 0 Å². The smallest absolute Gasteiger partial charge is 0.243 e. The fourth-order valence-electron chi connectivity index (χ4n) is 4.83. The van der Waals surface area contributed by atoms with Crippen molar-refractivity contribution < 1.29 is 14.0 Å². The van der Waals surface area contributed by atoms with Crippen molar-refractivity contribution in [2.45, 2.75) is 63.6 Å². The van der Waals surface area contributed by atoms with E-state index in [2.05, 4.69) is 5.32 Å². The molecule has 0 aromatic heterocycles. The van der Waals surface area contributed by atoms with Gasteiger partial charge in [0.1, 0.15) is 11.9 Å². The van der Waals surface area contributed by atoms with Gasteiger partial charge in [-0.2, -0.15) is 0 Å². The number of hydrogen-bond donors (Lipinski definition) is 1. The summed E-state index contributed by atoms with van der Waals surface area (Å²) < 4.78 is 14.6. The topological polar surface area (TPSA) is 49.4 Å². The van der Waals surface area contributed by atoms with Gasteiger partial charge in [0, 0.05) is 29.6 Å². The van der Waals surface area contributed by atoms with E-state index in [-0.39, 0.29) is 41.4 Å². The van der Waals surface area contributed by atoms with Gasteiger partial charge in [-0.15, -0.1) is 0 Å². The van der Waals surface area contributed by atoms with Crippen molar-refractivity contribution in [1.29, 1.82) is 0 Å². The maximum absolute atomic E-state index is 14.6. The van der Waals surface area contributed by atoms with E-state index in [1.807, 2.05) is 60.7 Å². The Kier molecular flexibility index (Phi) is 9.12. The van der Waals surface area contributed by atoms with Gasteiger partial charge in [-0.05, 0) is 36.1 Å². The fraction of sp³-hybridized carbons (Fsp3) is 0.333. The molecule has 0 radical (unpaired) electrons. The number of amides is 2. The first kappa shape index (κ1) is 25.9. The highest BCUT2D eigenvalue weighted by Crippen LogP contribution is 2.23. The van der Waals surface area contributed by atoms with Crippen LogP contribution in [0, 0.1) is 5.82 Å². The molecule has 4 nitrogen and oxygen atoms in total. The lowest BCUT2D eigenvalue weighted by molar-refractivity contribution is -0.141. The molecule has 0 heterocycles. The second-order valence-electron chi connectivity index (χ2n) is 9.43. The molecule has 0 aliphatic heterocycles. The molecule has 0 unspecified atom stereocenters. The first-order chi connectivity index (χ1) is 17.5. The summed E-state index contributed by atoms with van der Waals surface area (Å²) in [6.45, 7) is 0.237. The summed E-state index contributed by atoms with van der Waals surface area (Å²) in [4.78, 5) is 29.1. The van der Waals surface area contributed by atoms with Gasteiger partial charge in [0.15, 0.2) is 0 Å². The zero-order valence-electron chi connectivity index (χ0n) is 20.3. The van der Waals surface area contributed by atoms with E-state index in [4.69, 9.17) is 11.6 Å². The van der Waals surface area contributed by atoms with Crippen LogP contribution in [0.1, 0.15) is 48.8 Å². The second-order valence-corrected chi connectivity index (χ2v) is 9.84. The summed E-state index contributed by atoms with van der Waals surface area (Å²) in [5.74, 6) is -1.04. The Hall–Kier alpha value is -3.18. The molecule has 2 amide bonds. The Morgan fingerprint density at radius 1 is 0.889 bits per heavy atom. The normalized spacial score (nSPS) is 14.7. The minimum atomic E-state index is -0.743. The van der Waals surface area contributed by atoms with Crippen LogP contribution >= 0.6 is 11.6 Å². The average molecular weight is 507 g/mol. The average Bonchev–Trinajstić information content (AvgIpc) is 2.90. The Bertz CT molecular complexity index is 1130. The molecule has 1 fully saturated rings. The van der Waals surface area contributed by atoms with E-state index in [1.54, 1.807) is 11.0 Å². The lowest BCUT2D eigenvalue weighted by atomic mass is 9.94. The highest BCUT2D eigenvalue weighted by molar-refractivity contribution is 6.31. The maximum Gasteiger partial charge on any atom is 0.243 e. The van der Waals surface area contributed by atoms with Gasteiger partial charge in [0.25, 0.3) is 0 Å². The van der Waals surface area contributed by atoms with E-state index in [9.17, 15) is 14.0 Å². The summed E-state index contributed by atoms with van der Waals surface area (Å²) in [7, 11) is 0. The van der Waals surface area contributed by atoms with E-state index < -0.39 is 11.9 Å². The van der Waals surface area contributed by atoms with Crippen molar-refractivity contribution in [3.63, 3.8) is 0 Å². The number of nitrogens with one attached hydrogen (secondary N) is 1. The van der Waals surface area contributed by atoms with Crippen molar-refractivity contribution >= 4 is 23.4 Å². The van der Waals surface area contributed by atoms with Crippen LogP contribution in [0.25, 0.3) is 0 Å². The summed E-state index contributed by atoms with van der Waals surface area (Å²) in [6.07, 6.45) is 5.40. The fourth-order valence-corrected chi connectivity index (χ4v) is 5.06. The van der Waals surface area contributed by atoms with Crippen LogP contribution in [-0.4, -0.2) is 28.8 Å². The number of rotatable bonds is 9. The molecule has 1 aliphatic carbocycles. The Morgan fingerprint density at radius 3 is 2.17 bits per heavy atom. The number of carbonyl (C=O) groups excluding carboxylic acids is 2. The van der Waals surface area contributed by atoms with Crippen molar-refractivity contribution in [2.75, 3.05) is 0 Å². The van der Waals surface area contributed by atoms with E-state index in [0.29, 0.717) is 6.42 Å². The Labute approximate surface area is 217 Å². The van der Waals surface area contributed by atoms with Crippen LogP contribution < -0.4 is 5.32 Å². The lowest BCUT2D eigenvalue weighted by Gasteiger charge is -2.33. The third-order valence-electron chi connectivity index (χ3n) is 6.81. The van der Waals surface area contributed by atoms with Gasteiger partial charge >= 0.3 is 0 Å². The number of carbonyl (C=O) groups is 2. The molecule has 6 heteroatoms. The van der Waals surface area contributed by atoms with Crippen LogP contribution in [-0.2, 0) is 29.0 Å². The lowest BCUT2D eigenvalue weighted by Crippen LogP contribution is -2.53. The molecule has 1 aliphatic rings. The molecule has 3 aromatic rings. The van der Waals surface area contributed by atoms with E-state index >= 15 is 0 Å². The molecule has 4 rings (SSSR count). The minimum absolute atomic E-state index is 0.110. The third kappa shape index (κ3) is 6.94. The predicted octanol–water partition coefficient (Wildman–Crippen LogP) is 6.11. The summed E-state index contributed by atoms with van der Waals surface area (Å²) in [6, 6.07) is 23.0. The number of benzene rings is 3. The zero-order chi connectivity index (χ0) is 25.3. The van der Waals surface area contributed by atoms with Crippen LogP contribution in [0.15, 0.2) is 78.9 Å². The first-order valence-electron chi connectivity index (χ1n) is 12.6. The Morgan fingerprint density at radius 2 is 1.53 bits per heavy atom. The van der Waals surface area contributed by atoms with Gasteiger partial charge in [-0.25, -0.2) is 4.39 Å². The molecule has 3 aromatic carbocycles. The molecule has 1 saturated carbocycles. The molecule has 36 heavy (non-hydrogen) atoms. The third-order valence-corrected chi connectivity index (χ3v) is 7.16. The van der Waals surface area contributed by atoms with E-state index in [0.717, 1.165) is 36.8 Å². The standard InChI is InChI=1S/C30H32ClFN2O2/c31-26-17-10-18-27(32)25(26)20-29(35)34(21-23-13-6-2-7-14-23)28(19-22-11-4-1-5-12-22)30(36)33-24-15-8-3-9-16-24/h1-2,4-7,10-14,17-18,24,28H,3,8-9,15-16,19-21H2,(H,33,36)/t28-/m1/s1. The SMILES string of the molecule is O=C(NC1CCCCC1)[C@@H](Cc1ccccc1)N(Cc1ccccc1)C(=O)Cc1c(F)cccc1Cl. The monoisotopic (exact) mass is 506 g/mol. The molecular weight excluding hydrogens is 475 g/mol. The van der Waals surface area contributed by atoms with Gasteiger partial charge in [0.05, 0.1) is 6.42 Å². The highest BCUT2D eigenvalue weighted by Gasteiger charge is 2.32. The number of nitrogens with zero attached hydrogens (tertiary/aromatic N) is 1. The Balaban J connectivity index is 1.66. The van der Waals surface area contributed by atoms with Crippen molar-refractivity contribution in [1.82, 2.24) is 10.2 Å². The molecular formula is C30H32ClFN2O2. The summed E-state index contributed by atoms with van der Waals surface area (Å²) in [5, 5.41) is 3.42. The molecule has 0 spiro atoms. The number of halogens is 2. The maximum atomic E-state index is 14.6. The molecule has 1 atom stereocenters. The summed E-state index contributed by atoms with van der Waals surface area (Å²) in [5.41, 5.74) is 2.00. The quantitative estimate of drug-likeness (QED) is 0.380. The predicted molar refractivity (Wildman–Crippen MR) is 141 cm³/mol. The van der Waals surface area contributed by atoms with Crippen molar-refractivity contribution in [3.05, 3.63) is 106 Å². The second kappa shape index (κ2) is 12.7. The summed E-state index contributed by atoms with van der Waals surface area (Å²) >= 11 is 6.25. The molecule has 0 saturated heterocycles. The first-order valence-corrected chi connectivity index (χ1v) is 13.0. The van der Waals surface area contributed by atoms with E-state index in [1.165, 1.54) is 18.6 Å². The van der Waals surface area contributed by atoms with Crippen LogP contribution in [0.2, 0.25) is 5.02 Å². The minimum Gasteiger partial charge on any atom is -0.352 e. The van der Waals surface area contributed by atoms with Crippen LogP contribution in [0.4, 0.5) is 4.39 Å². The molecule has 0 bridgehead atoms. The van der Waals surface area contributed by atoms with Gasteiger partial charge in [-0.3, -0.25) is 9.59 Å². The van der Waals surface area contributed by atoms with Gasteiger partial charge < -0.3 is 10.2 Å². The largest absolute Gasteiger partial charge is 0.352 e. The highest BCUT2D eigenvalue weighted by atomic mass is 35.5. The van der Waals surface area contributed by atoms with Gasteiger partial charge in [-0.1, -0.05) is 97.6 Å². The zero-order valence-corrected chi connectivity index (χ0v) is 21.1. The molecule has 1 N–H and O–H groups in total. The van der Waals surface area contributed by atoms with Gasteiger partial charge in [0.2, 0.25) is 11.8 Å².